The van der Waals surface area contributed by atoms with E-state index in [1.807, 2.05) is 17.5 Å². The van der Waals surface area contributed by atoms with Crippen LogP contribution in [0.3, 0.4) is 0 Å². The van der Waals surface area contributed by atoms with Gasteiger partial charge in [-0.1, -0.05) is 18.2 Å². The van der Waals surface area contributed by atoms with E-state index in [-0.39, 0.29) is 24.5 Å². The minimum absolute atomic E-state index is 0.189. The molecule has 1 saturated heterocycles. The van der Waals surface area contributed by atoms with Crippen LogP contribution >= 0.6 is 11.3 Å². The first-order chi connectivity index (χ1) is 13.2. The highest BCUT2D eigenvalue weighted by Gasteiger charge is 2.25. The van der Waals surface area contributed by atoms with Crippen molar-refractivity contribution in [1.29, 1.82) is 0 Å². The van der Waals surface area contributed by atoms with E-state index in [1.54, 1.807) is 34.6 Å². The van der Waals surface area contributed by atoms with Gasteiger partial charge in [0.15, 0.2) is 0 Å². The molecular formula is C19H18FN3O3S. The quantitative estimate of drug-likeness (QED) is 0.739. The molecule has 2 amide bonds. The summed E-state index contributed by atoms with van der Waals surface area (Å²) in [4.78, 5) is 19.5. The first-order valence-electron chi connectivity index (χ1n) is 8.57. The lowest BCUT2D eigenvalue weighted by molar-refractivity contribution is -0.0155. The molecule has 6 nitrogen and oxygen atoms in total. The van der Waals surface area contributed by atoms with E-state index in [0.717, 1.165) is 10.4 Å². The predicted molar refractivity (Wildman–Crippen MR) is 98.7 cm³/mol. The number of halogens is 1. The number of nitrogens with one attached hydrogen (secondary N) is 1. The largest absolute Gasteiger partial charge is 0.443 e. The molecule has 0 saturated carbocycles. The molecule has 8 heteroatoms. The normalized spacial score (nSPS) is 17.1. The average Bonchev–Trinajstić information content (AvgIpc) is 3.38. The van der Waals surface area contributed by atoms with Crippen LogP contribution in [0.2, 0.25) is 0 Å². The van der Waals surface area contributed by atoms with E-state index < -0.39 is 0 Å². The monoisotopic (exact) mass is 387 g/mol. The first-order valence-corrected chi connectivity index (χ1v) is 9.45. The number of oxazole rings is 1. The molecule has 0 radical (unpaired) electrons. The van der Waals surface area contributed by atoms with Crippen molar-refractivity contribution in [2.24, 2.45) is 0 Å². The molecule has 1 aliphatic heterocycles. The van der Waals surface area contributed by atoms with Crippen LogP contribution < -0.4 is 5.32 Å². The van der Waals surface area contributed by atoms with Gasteiger partial charge in [-0.3, -0.25) is 0 Å². The van der Waals surface area contributed by atoms with Gasteiger partial charge in [-0.25, -0.2) is 14.2 Å². The van der Waals surface area contributed by atoms with Crippen LogP contribution in [0.4, 0.5) is 9.18 Å². The van der Waals surface area contributed by atoms with Crippen LogP contribution in [0.25, 0.3) is 10.8 Å². The fraction of sp³-hybridized carbons (Fsp3) is 0.263. The van der Waals surface area contributed by atoms with E-state index >= 15 is 0 Å². The van der Waals surface area contributed by atoms with Gasteiger partial charge in [0.25, 0.3) is 0 Å². The van der Waals surface area contributed by atoms with Gasteiger partial charge in [0.2, 0.25) is 5.89 Å². The predicted octanol–water partition coefficient (Wildman–Crippen LogP) is 3.83. The van der Waals surface area contributed by atoms with Gasteiger partial charge in [0.05, 0.1) is 30.3 Å². The third-order valence-electron chi connectivity index (χ3n) is 4.30. The Labute approximate surface area is 159 Å². The molecule has 0 aliphatic carbocycles. The van der Waals surface area contributed by atoms with Crippen LogP contribution in [-0.2, 0) is 11.3 Å². The van der Waals surface area contributed by atoms with Gasteiger partial charge in [-0.2, -0.15) is 0 Å². The van der Waals surface area contributed by atoms with Crippen LogP contribution in [0.5, 0.6) is 0 Å². The Balaban J connectivity index is 1.33. The van der Waals surface area contributed by atoms with Crippen molar-refractivity contribution in [3.8, 4) is 10.8 Å². The highest BCUT2D eigenvalue weighted by molar-refractivity contribution is 7.13. The maximum Gasteiger partial charge on any atom is 0.317 e. The highest BCUT2D eigenvalue weighted by Crippen LogP contribution is 2.24. The Kier molecular flexibility index (Phi) is 5.17. The van der Waals surface area contributed by atoms with Crippen molar-refractivity contribution in [2.45, 2.75) is 12.6 Å². The van der Waals surface area contributed by atoms with Crippen LogP contribution in [0.1, 0.15) is 17.4 Å². The molecule has 3 aromatic rings. The minimum atomic E-state index is -0.293. The maximum absolute atomic E-state index is 13.1. The lowest BCUT2D eigenvalue weighted by Crippen LogP contribution is -2.47. The Hall–Kier alpha value is -2.71. The number of urea groups is 1. The summed E-state index contributed by atoms with van der Waals surface area (Å²) >= 11 is 1.55. The summed E-state index contributed by atoms with van der Waals surface area (Å²) in [6.45, 7) is 1.63. The van der Waals surface area contributed by atoms with Crippen molar-refractivity contribution in [3.05, 3.63) is 65.1 Å². The summed E-state index contributed by atoms with van der Waals surface area (Å²) in [5.74, 6) is 0.260. The summed E-state index contributed by atoms with van der Waals surface area (Å²) < 4.78 is 24.3. The van der Waals surface area contributed by atoms with Gasteiger partial charge in [-0.15, -0.1) is 11.3 Å². The van der Waals surface area contributed by atoms with E-state index in [0.29, 0.717) is 31.3 Å². The number of thiophene rings is 1. The van der Waals surface area contributed by atoms with Crippen molar-refractivity contribution < 1.29 is 18.3 Å². The number of aromatic nitrogens is 1. The third-order valence-corrected chi connectivity index (χ3v) is 5.16. The topological polar surface area (TPSA) is 67.6 Å². The van der Waals surface area contributed by atoms with Crippen molar-refractivity contribution in [2.75, 3.05) is 19.7 Å². The van der Waals surface area contributed by atoms with Gasteiger partial charge in [-0.05, 0) is 29.1 Å². The number of benzene rings is 1. The summed E-state index contributed by atoms with van der Waals surface area (Å²) in [5.41, 5.74) is 1.51. The first kappa shape index (κ1) is 17.7. The number of rotatable bonds is 4. The molecular weight excluding hydrogens is 369 g/mol. The smallest absolute Gasteiger partial charge is 0.317 e. The molecule has 140 valence electrons. The number of hydrogen-bond donors (Lipinski definition) is 1. The maximum atomic E-state index is 13.1. The Bertz CT molecular complexity index is 895. The molecule has 1 fully saturated rings. The zero-order chi connectivity index (χ0) is 18.6. The van der Waals surface area contributed by atoms with E-state index in [9.17, 15) is 9.18 Å². The molecule has 0 bridgehead atoms. The van der Waals surface area contributed by atoms with Gasteiger partial charge >= 0.3 is 6.03 Å². The second-order valence-corrected chi connectivity index (χ2v) is 7.08. The van der Waals surface area contributed by atoms with E-state index in [4.69, 9.17) is 9.15 Å². The number of amides is 2. The zero-order valence-corrected chi connectivity index (χ0v) is 15.2. The number of ether oxygens (including phenoxy) is 1. The summed E-state index contributed by atoms with van der Waals surface area (Å²) in [6, 6.07) is 9.84. The molecule has 0 spiro atoms. The van der Waals surface area contributed by atoms with Crippen molar-refractivity contribution >= 4 is 17.4 Å². The second-order valence-electron chi connectivity index (χ2n) is 6.14. The fourth-order valence-electron chi connectivity index (χ4n) is 2.89. The van der Waals surface area contributed by atoms with Gasteiger partial charge < -0.3 is 19.4 Å². The Morgan fingerprint density at radius 3 is 2.96 bits per heavy atom. The van der Waals surface area contributed by atoms with Crippen molar-refractivity contribution in [1.82, 2.24) is 15.2 Å². The summed E-state index contributed by atoms with van der Waals surface area (Å²) in [7, 11) is 0. The van der Waals surface area contributed by atoms with Gasteiger partial charge in [0.1, 0.15) is 18.2 Å². The number of nitrogens with zero attached hydrogens (tertiary/aromatic N) is 2. The summed E-state index contributed by atoms with van der Waals surface area (Å²) in [5, 5.41) is 4.82. The average molecular weight is 387 g/mol. The fourth-order valence-corrected chi connectivity index (χ4v) is 3.55. The Morgan fingerprint density at radius 2 is 2.19 bits per heavy atom. The lowest BCUT2D eigenvalue weighted by atomic mass is 10.1. The van der Waals surface area contributed by atoms with Crippen molar-refractivity contribution in [3.63, 3.8) is 0 Å². The molecule has 3 heterocycles. The number of hydrogen-bond acceptors (Lipinski definition) is 5. The van der Waals surface area contributed by atoms with Crippen LogP contribution in [0.15, 0.2) is 52.5 Å². The SMILES string of the molecule is O=C(NCc1coc(-c2cccs2)n1)N1CCO[C@H](c2ccc(F)cc2)C1. The second kappa shape index (κ2) is 7.89. The standard InChI is InChI=1S/C19H18FN3O3S/c20-14-5-3-13(4-6-14)16-11-23(7-8-25-16)19(24)21-10-15-12-26-18(22-15)17-2-1-9-27-17/h1-6,9,12,16H,7-8,10-11H2,(H,21,24)/t16-/m0/s1. The number of carbonyl (C=O) groups excluding carboxylic acids is 1. The summed E-state index contributed by atoms with van der Waals surface area (Å²) in [6.07, 6.45) is 1.29. The molecule has 1 N–H and O–H groups in total. The molecule has 27 heavy (non-hydrogen) atoms. The van der Waals surface area contributed by atoms with E-state index in [2.05, 4.69) is 10.3 Å². The molecule has 1 aliphatic rings. The molecule has 0 unspecified atom stereocenters. The van der Waals surface area contributed by atoms with Gasteiger partial charge in [0, 0.05) is 6.54 Å². The highest BCUT2D eigenvalue weighted by atomic mass is 32.1. The molecule has 1 aromatic carbocycles. The lowest BCUT2D eigenvalue weighted by Gasteiger charge is -2.33. The molecule has 4 rings (SSSR count). The Morgan fingerprint density at radius 1 is 1.33 bits per heavy atom. The third kappa shape index (κ3) is 4.17. The van der Waals surface area contributed by atoms with Crippen LogP contribution in [-0.4, -0.2) is 35.6 Å². The number of carbonyl (C=O) groups is 1. The zero-order valence-electron chi connectivity index (χ0n) is 14.4. The number of morpholine rings is 1. The van der Waals surface area contributed by atoms with E-state index in [1.165, 1.54) is 12.1 Å². The minimum Gasteiger partial charge on any atom is -0.443 e. The molecule has 1 atom stereocenters. The molecule has 2 aromatic heterocycles. The van der Waals surface area contributed by atoms with Crippen LogP contribution in [0, 0.1) is 5.82 Å².